The van der Waals surface area contributed by atoms with Crippen LogP contribution < -0.4 is 11.1 Å². The number of nitrogens with two attached hydrogens (primary N) is 1. The van der Waals surface area contributed by atoms with Crippen LogP contribution >= 0.6 is 0 Å². The molecule has 92 valence electrons. The molecular weight excluding hydrogens is 206 g/mol. The first-order valence-corrected chi connectivity index (χ1v) is 6.16. The first-order chi connectivity index (χ1) is 7.81. The minimum Gasteiger partial charge on any atom is -0.379 e. The maximum Gasteiger partial charge on any atom is 0.317 e. The zero-order valence-corrected chi connectivity index (χ0v) is 9.65. The summed E-state index contributed by atoms with van der Waals surface area (Å²) in [6.07, 6.45) is 4.39. The van der Waals surface area contributed by atoms with Crippen LogP contribution in [0.15, 0.2) is 0 Å². The van der Waals surface area contributed by atoms with Crippen LogP contribution in [0.2, 0.25) is 0 Å². The van der Waals surface area contributed by atoms with Crippen molar-refractivity contribution in [1.82, 2.24) is 10.2 Å². The molecule has 1 heterocycles. The molecule has 2 aliphatic rings. The molecule has 2 amide bonds. The van der Waals surface area contributed by atoms with Crippen LogP contribution in [0.3, 0.4) is 0 Å². The van der Waals surface area contributed by atoms with E-state index in [1.807, 2.05) is 4.90 Å². The van der Waals surface area contributed by atoms with Gasteiger partial charge in [-0.25, -0.2) is 4.79 Å². The number of nitrogens with one attached hydrogen (secondary N) is 1. The van der Waals surface area contributed by atoms with Gasteiger partial charge < -0.3 is 20.7 Å². The van der Waals surface area contributed by atoms with Crippen LogP contribution in [0.4, 0.5) is 4.79 Å². The highest BCUT2D eigenvalue weighted by atomic mass is 16.5. The van der Waals surface area contributed by atoms with Gasteiger partial charge in [-0.15, -0.1) is 0 Å². The molecule has 0 aromatic heterocycles. The van der Waals surface area contributed by atoms with Gasteiger partial charge in [0.2, 0.25) is 0 Å². The molecule has 5 nitrogen and oxygen atoms in total. The summed E-state index contributed by atoms with van der Waals surface area (Å²) in [7, 11) is 0. The highest BCUT2D eigenvalue weighted by Gasteiger charge is 2.29. The molecule has 1 atom stereocenters. The van der Waals surface area contributed by atoms with Gasteiger partial charge in [0.05, 0.1) is 12.6 Å². The van der Waals surface area contributed by atoms with Gasteiger partial charge >= 0.3 is 6.03 Å². The monoisotopic (exact) mass is 227 g/mol. The zero-order chi connectivity index (χ0) is 11.4. The summed E-state index contributed by atoms with van der Waals surface area (Å²) in [5, 5.41) is 3.02. The fourth-order valence-corrected chi connectivity index (χ4v) is 2.19. The van der Waals surface area contributed by atoms with E-state index in [1.165, 1.54) is 6.42 Å². The minimum absolute atomic E-state index is 0.0330. The van der Waals surface area contributed by atoms with E-state index in [4.69, 9.17) is 10.5 Å². The molecule has 1 unspecified atom stereocenters. The van der Waals surface area contributed by atoms with Crippen LogP contribution in [0.1, 0.15) is 25.7 Å². The lowest BCUT2D eigenvalue weighted by molar-refractivity contribution is 0.135. The fraction of sp³-hybridized carbons (Fsp3) is 0.909. The van der Waals surface area contributed by atoms with Crippen molar-refractivity contribution in [3.8, 4) is 0 Å². The molecule has 0 aromatic rings. The van der Waals surface area contributed by atoms with Gasteiger partial charge in [-0.2, -0.15) is 0 Å². The Hall–Kier alpha value is -0.810. The minimum atomic E-state index is 0.0330. The van der Waals surface area contributed by atoms with Crippen molar-refractivity contribution in [3.63, 3.8) is 0 Å². The third kappa shape index (κ3) is 2.65. The number of hydrogen-bond acceptors (Lipinski definition) is 3. The van der Waals surface area contributed by atoms with Gasteiger partial charge in [-0.05, 0) is 25.7 Å². The molecule has 0 aromatic carbocycles. The van der Waals surface area contributed by atoms with Gasteiger partial charge in [-0.1, -0.05) is 0 Å². The maximum absolute atomic E-state index is 12.0. The molecule has 1 aliphatic heterocycles. The van der Waals surface area contributed by atoms with Gasteiger partial charge in [-0.3, -0.25) is 0 Å². The van der Waals surface area contributed by atoms with Crippen LogP contribution in [-0.2, 0) is 4.74 Å². The lowest BCUT2D eigenvalue weighted by Crippen LogP contribution is -2.53. The van der Waals surface area contributed by atoms with E-state index in [2.05, 4.69) is 5.32 Å². The first kappa shape index (κ1) is 11.7. The normalized spacial score (nSPS) is 25.2. The van der Waals surface area contributed by atoms with Crippen LogP contribution in [0, 0.1) is 0 Å². The van der Waals surface area contributed by atoms with Crippen molar-refractivity contribution in [1.29, 1.82) is 0 Å². The van der Waals surface area contributed by atoms with Crippen LogP contribution in [0.5, 0.6) is 0 Å². The highest BCUT2D eigenvalue weighted by molar-refractivity contribution is 5.75. The summed E-state index contributed by atoms with van der Waals surface area (Å²) in [4.78, 5) is 13.9. The van der Waals surface area contributed by atoms with Crippen LogP contribution in [0.25, 0.3) is 0 Å². The Morgan fingerprint density at radius 3 is 2.75 bits per heavy atom. The Labute approximate surface area is 96.3 Å². The number of amides is 2. The largest absolute Gasteiger partial charge is 0.379 e. The zero-order valence-electron chi connectivity index (χ0n) is 9.65. The molecule has 16 heavy (non-hydrogen) atoms. The summed E-state index contributed by atoms with van der Waals surface area (Å²) in [6.45, 7) is 2.59. The van der Waals surface area contributed by atoms with E-state index in [1.54, 1.807) is 0 Å². The van der Waals surface area contributed by atoms with Crippen molar-refractivity contribution in [2.75, 3.05) is 26.3 Å². The molecule has 2 fully saturated rings. The molecule has 3 N–H and O–H groups in total. The van der Waals surface area contributed by atoms with Crippen molar-refractivity contribution >= 4 is 6.03 Å². The summed E-state index contributed by atoms with van der Waals surface area (Å²) in [5.74, 6) is 0. The number of urea groups is 1. The summed E-state index contributed by atoms with van der Waals surface area (Å²) in [6, 6.07) is 0.629. The van der Waals surface area contributed by atoms with Crippen molar-refractivity contribution in [3.05, 3.63) is 0 Å². The first-order valence-electron chi connectivity index (χ1n) is 6.16. The average Bonchev–Trinajstić information content (AvgIpc) is 2.67. The molecule has 1 saturated heterocycles. The Balaban J connectivity index is 1.82. The van der Waals surface area contributed by atoms with E-state index in [0.717, 1.165) is 25.9 Å². The van der Waals surface area contributed by atoms with E-state index >= 15 is 0 Å². The van der Waals surface area contributed by atoms with Gasteiger partial charge in [0.25, 0.3) is 0 Å². The number of carbonyl (C=O) groups excluding carboxylic acids is 1. The highest BCUT2D eigenvalue weighted by Crippen LogP contribution is 2.24. The number of hydrogen-bond donors (Lipinski definition) is 2. The molecular formula is C11H21N3O2. The SMILES string of the molecule is NCCN(C(=O)NC1CCOC1)C1CCC1. The summed E-state index contributed by atoms with van der Waals surface area (Å²) in [5.41, 5.74) is 5.55. The van der Waals surface area contributed by atoms with Gasteiger partial charge in [0.15, 0.2) is 0 Å². The number of nitrogens with zero attached hydrogens (tertiary/aromatic N) is 1. The lowest BCUT2D eigenvalue weighted by Gasteiger charge is -2.37. The van der Waals surface area contributed by atoms with Gasteiger partial charge in [0, 0.05) is 25.7 Å². The van der Waals surface area contributed by atoms with Crippen molar-refractivity contribution in [2.24, 2.45) is 5.73 Å². The Morgan fingerprint density at radius 2 is 2.25 bits per heavy atom. The van der Waals surface area contributed by atoms with Gasteiger partial charge in [0.1, 0.15) is 0 Å². The smallest absolute Gasteiger partial charge is 0.317 e. The molecule has 0 bridgehead atoms. The third-order valence-electron chi connectivity index (χ3n) is 3.40. The molecule has 0 spiro atoms. The van der Waals surface area contributed by atoms with E-state index < -0.39 is 0 Å². The lowest BCUT2D eigenvalue weighted by atomic mass is 9.91. The summed E-state index contributed by atoms with van der Waals surface area (Å²) >= 11 is 0. The maximum atomic E-state index is 12.0. The second kappa shape index (κ2) is 5.50. The quantitative estimate of drug-likeness (QED) is 0.725. The fourth-order valence-electron chi connectivity index (χ4n) is 2.19. The second-order valence-electron chi connectivity index (χ2n) is 4.58. The topological polar surface area (TPSA) is 67.6 Å². The standard InChI is InChI=1S/C11H21N3O2/c12-5-6-14(10-2-1-3-10)11(15)13-9-4-7-16-8-9/h9-10H,1-8,12H2,(H,13,15). The van der Waals surface area contributed by atoms with Crippen LogP contribution in [-0.4, -0.2) is 49.3 Å². The predicted molar refractivity (Wildman–Crippen MR) is 61.2 cm³/mol. The molecule has 1 saturated carbocycles. The number of rotatable bonds is 4. The molecule has 5 heteroatoms. The number of ether oxygens (including phenoxy) is 1. The van der Waals surface area contributed by atoms with E-state index in [-0.39, 0.29) is 12.1 Å². The van der Waals surface area contributed by atoms with E-state index in [9.17, 15) is 4.79 Å². The molecule has 1 aliphatic carbocycles. The number of carbonyl (C=O) groups is 1. The van der Waals surface area contributed by atoms with E-state index in [0.29, 0.717) is 25.7 Å². The van der Waals surface area contributed by atoms with Crippen molar-refractivity contribution < 1.29 is 9.53 Å². The second-order valence-corrected chi connectivity index (χ2v) is 4.58. The Morgan fingerprint density at radius 1 is 1.44 bits per heavy atom. The Kier molecular flexibility index (Phi) is 4.01. The predicted octanol–water partition coefficient (Wildman–Crippen LogP) is 0.298. The average molecular weight is 227 g/mol. The third-order valence-corrected chi connectivity index (χ3v) is 3.40. The van der Waals surface area contributed by atoms with Crippen molar-refractivity contribution in [2.45, 2.75) is 37.8 Å². The Bertz CT molecular complexity index is 237. The molecule has 0 radical (unpaired) electrons. The summed E-state index contributed by atoms with van der Waals surface area (Å²) < 4.78 is 5.24. The molecule has 2 rings (SSSR count).